The summed E-state index contributed by atoms with van der Waals surface area (Å²) < 4.78 is 0. The molecule has 0 heterocycles. The highest BCUT2D eigenvalue weighted by Crippen LogP contribution is 2.09. The molecule has 0 fully saturated rings. The molecule has 0 unspecified atom stereocenters. The molecule has 0 aliphatic heterocycles. The Kier molecular flexibility index (Phi) is 3.57. The van der Waals surface area contributed by atoms with Gasteiger partial charge in [0, 0.05) is 5.56 Å². The normalized spacial score (nSPS) is 10.4. The molecule has 1 aromatic rings. The van der Waals surface area contributed by atoms with E-state index in [9.17, 15) is 0 Å². The van der Waals surface area contributed by atoms with Crippen LogP contribution >= 0.6 is 0 Å². The van der Waals surface area contributed by atoms with E-state index < -0.39 is 0 Å². The van der Waals surface area contributed by atoms with Crippen molar-refractivity contribution in [1.29, 1.82) is 5.41 Å². The molecule has 0 aliphatic carbocycles. The molecule has 0 bridgehead atoms. The summed E-state index contributed by atoms with van der Waals surface area (Å²) in [6, 6.07) is 6.97. The summed E-state index contributed by atoms with van der Waals surface area (Å²) in [5.41, 5.74) is 4.10. The number of nitrogens with zero attached hydrogens (tertiary/aromatic N) is 2. The maximum absolute atomic E-state index is 7.41. The van der Waals surface area contributed by atoms with Crippen molar-refractivity contribution >= 4 is 11.5 Å². The van der Waals surface area contributed by atoms with Gasteiger partial charge in [0.15, 0.2) is 5.84 Å². The van der Waals surface area contributed by atoms with Crippen molar-refractivity contribution in [1.82, 2.24) is 0 Å². The fourth-order valence-corrected chi connectivity index (χ4v) is 0.929. The summed E-state index contributed by atoms with van der Waals surface area (Å²) in [4.78, 5) is 4.71. The van der Waals surface area contributed by atoms with E-state index in [1.165, 1.54) is 7.11 Å². The molecule has 0 aliphatic rings. The number of hydrogen-bond donors (Lipinski definition) is 3. The van der Waals surface area contributed by atoms with E-state index in [0.717, 1.165) is 5.69 Å². The largest absolute Gasteiger partial charge is 0.305 e. The minimum Gasteiger partial charge on any atom is -0.305 e. The molecule has 0 radical (unpaired) electrons. The van der Waals surface area contributed by atoms with Crippen LogP contribution in [-0.4, -0.2) is 12.9 Å². The van der Waals surface area contributed by atoms with Crippen molar-refractivity contribution < 1.29 is 4.84 Å². The van der Waals surface area contributed by atoms with Gasteiger partial charge in [-0.25, -0.2) is 0 Å². The Hall–Kier alpha value is -1.95. The highest BCUT2D eigenvalue weighted by molar-refractivity contribution is 5.96. The zero-order chi connectivity index (χ0) is 10.4. The number of nitrogens with two attached hydrogens (primary N) is 1. The zero-order valence-corrected chi connectivity index (χ0v) is 7.69. The Balaban J connectivity index is 2.77. The summed E-state index contributed by atoms with van der Waals surface area (Å²) in [6.45, 7) is 0. The third kappa shape index (κ3) is 2.53. The maximum Gasteiger partial charge on any atom is 0.176 e. The Morgan fingerprint density at radius 2 is 2.07 bits per heavy atom. The van der Waals surface area contributed by atoms with Crippen LogP contribution in [0, 0.1) is 5.41 Å². The van der Waals surface area contributed by atoms with E-state index in [-0.39, 0.29) is 5.84 Å². The molecule has 0 amide bonds. The summed E-state index contributed by atoms with van der Waals surface area (Å²) in [6.07, 6.45) is 0. The van der Waals surface area contributed by atoms with Gasteiger partial charge < -0.3 is 5.84 Å². The van der Waals surface area contributed by atoms with Crippen LogP contribution in [0.15, 0.2) is 34.6 Å². The number of hydrogen-bond acceptors (Lipinski definition) is 4. The van der Waals surface area contributed by atoms with Crippen LogP contribution in [0.4, 0.5) is 5.69 Å². The first-order valence-corrected chi connectivity index (χ1v) is 3.87. The van der Waals surface area contributed by atoms with E-state index in [4.69, 9.17) is 16.1 Å². The number of nitrogens with one attached hydrogen (secondary N) is 2. The summed E-state index contributed by atoms with van der Waals surface area (Å²) in [7, 11) is 1.53. The SMILES string of the molecule is CONc1ccc(C(=N)N=NN)cc1. The molecule has 0 atom stereocenters. The third-order valence-corrected chi connectivity index (χ3v) is 1.54. The predicted octanol–water partition coefficient (Wildman–Crippen LogP) is 1.31. The highest BCUT2D eigenvalue weighted by Gasteiger charge is 1.99. The summed E-state index contributed by atoms with van der Waals surface area (Å²) in [5.74, 6) is 4.85. The first-order chi connectivity index (χ1) is 6.77. The second-order valence-electron chi connectivity index (χ2n) is 2.45. The van der Waals surface area contributed by atoms with Crippen molar-refractivity contribution in [3.05, 3.63) is 29.8 Å². The molecule has 6 heteroatoms. The Bertz CT molecular complexity index is 332. The monoisotopic (exact) mass is 193 g/mol. The Morgan fingerprint density at radius 3 is 2.57 bits per heavy atom. The maximum atomic E-state index is 7.41. The fourth-order valence-electron chi connectivity index (χ4n) is 0.929. The van der Waals surface area contributed by atoms with Crippen molar-refractivity contribution in [2.24, 2.45) is 16.2 Å². The lowest BCUT2D eigenvalue weighted by molar-refractivity contribution is 0.271. The van der Waals surface area contributed by atoms with E-state index in [1.54, 1.807) is 24.3 Å². The molecule has 0 spiro atoms. The van der Waals surface area contributed by atoms with E-state index in [1.807, 2.05) is 0 Å². The minimum absolute atomic E-state index is 0.0245. The van der Waals surface area contributed by atoms with E-state index in [0.29, 0.717) is 5.56 Å². The lowest BCUT2D eigenvalue weighted by atomic mass is 10.2. The molecular weight excluding hydrogens is 182 g/mol. The van der Waals surface area contributed by atoms with Crippen LogP contribution in [0.3, 0.4) is 0 Å². The smallest absolute Gasteiger partial charge is 0.176 e. The van der Waals surface area contributed by atoms with Crippen LogP contribution < -0.4 is 11.3 Å². The molecule has 74 valence electrons. The van der Waals surface area contributed by atoms with Gasteiger partial charge >= 0.3 is 0 Å². The average molecular weight is 193 g/mol. The number of amidine groups is 1. The average Bonchev–Trinajstić information content (AvgIpc) is 2.20. The van der Waals surface area contributed by atoms with Crippen molar-refractivity contribution in [3.8, 4) is 0 Å². The minimum atomic E-state index is 0.0245. The predicted molar refractivity (Wildman–Crippen MR) is 52.9 cm³/mol. The van der Waals surface area contributed by atoms with Crippen molar-refractivity contribution in [3.63, 3.8) is 0 Å². The summed E-state index contributed by atoms with van der Waals surface area (Å²) in [5, 5.41) is 13.8. The molecule has 1 rings (SSSR count). The molecule has 0 saturated heterocycles. The van der Waals surface area contributed by atoms with Crippen LogP contribution in [0.1, 0.15) is 5.56 Å². The van der Waals surface area contributed by atoms with Gasteiger partial charge in [0.1, 0.15) is 0 Å². The summed E-state index contributed by atoms with van der Waals surface area (Å²) >= 11 is 0. The van der Waals surface area contributed by atoms with Gasteiger partial charge in [-0.3, -0.25) is 15.7 Å². The van der Waals surface area contributed by atoms with Gasteiger partial charge in [-0.1, -0.05) is 5.22 Å². The number of rotatable bonds is 3. The van der Waals surface area contributed by atoms with Crippen LogP contribution in [0.5, 0.6) is 0 Å². The molecule has 6 nitrogen and oxygen atoms in total. The molecular formula is C8H11N5O. The van der Waals surface area contributed by atoms with Gasteiger partial charge in [-0.05, 0) is 24.3 Å². The van der Waals surface area contributed by atoms with Gasteiger partial charge in [-0.2, -0.15) is 0 Å². The first kappa shape index (κ1) is 10.1. The lowest BCUT2D eigenvalue weighted by Gasteiger charge is -2.02. The second-order valence-corrected chi connectivity index (χ2v) is 2.45. The Morgan fingerprint density at radius 1 is 1.43 bits per heavy atom. The van der Waals surface area contributed by atoms with Crippen LogP contribution in [0.25, 0.3) is 0 Å². The second kappa shape index (κ2) is 4.93. The Labute approximate surface area is 81.2 Å². The van der Waals surface area contributed by atoms with Crippen molar-refractivity contribution in [2.75, 3.05) is 12.6 Å². The molecule has 1 aromatic carbocycles. The first-order valence-electron chi connectivity index (χ1n) is 3.87. The molecule has 0 saturated carbocycles. The van der Waals surface area contributed by atoms with E-state index in [2.05, 4.69) is 15.8 Å². The quantitative estimate of drug-likeness (QED) is 0.222. The van der Waals surface area contributed by atoms with Gasteiger partial charge in [0.05, 0.1) is 12.8 Å². The van der Waals surface area contributed by atoms with Crippen molar-refractivity contribution in [2.45, 2.75) is 0 Å². The molecule has 4 N–H and O–H groups in total. The topological polar surface area (TPSA) is 95.8 Å². The molecule has 0 aromatic heterocycles. The fraction of sp³-hybridized carbons (Fsp3) is 0.125. The molecule has 14 heavy (non-hydrogen) atoms. The van der Waals surface area contributed by atoms with Gasteiger partial charge in [0.25, 0.3) is 0 Å². The van der Waals surface area contributed by atoms with Crippen LogP contribution in [-0.2, 0) is 4.84 Å². The lowest BCUT2D eigenvalue weighted by Crippen LogP contribution is -1.98. The standard InChI is InChI=1S/C8H11N5O/c1-14-12-7-4-2-6(3-5-7)8(9)11-13-10/h2-5,12H,1H3,(H3,9,10,11). The van der Waals surface area contributed by atoms with Gasteiger partial charge in [-0.15, -0.1) is 5.11 Å². The van der Waals surface area contributed by atoms with Crippen LogP contribution in [0.2, 0.25) is 0 Å². The van der Waals surface area contributed by atoms with E-state index >= 15 is 0 Å². The number of benzene rings is 1. The zero-order valence-electron chi connectivity index (χ0n) is 7.69. The highest BCUT2D eigenvalue weighted by atomic mass is 16.6. The van der Waals surface area contributed by atoms with Gasteiger partial charge in [0.2, 0.25) is 0 Å². The number of anilines is 1. The third-order valence-electron chi connectivity index (χ3n) is 1.54.